The molecule has 0 aliphatic carbocycles. The van der Waals surface area contributed by atoms with Gasteiger partial charge in [-0.1, -0.05) is 32.9 Å². The molecule has 1 rings (SSSR count). The summed E-state index contributed by atoms with van der Waals surface area (Å²) in [6, 6.07) is 9.92. The van der Waals surface area contributed by atoms with Crippen LogP contribution in [0.1, 0.15) is 32.8 Å². The van der Waals surface area contributed by atoms with E-state index in [2.05, 4.69) is 32.9 Å². The molecule has 0 aliphatic heterocycles. The van der Waals surface area contributed by atoms with Gasteiger partial charge in [-0.3, -0.25) is 0 Å². The van der Waals surface area contributed by atoms with Crippen LogP contribution >= 0.6 is 0 Å². The molecule has 0 aromatic heterocycles. The highest BCUT2D eigenvalue weighted by molar-refractivity contribution is 5.31. The fourth-order valence-electron chi connectivity index (χ4n) is 1.32. The third-order valence-electron chi connectivity index (χ3n) is 2.82. The summed E-state index contributed by atoms with van der Waals surface area (Å²) in [5.41, 5.74) is 1.50. The molecule has 0 saturated carbocycles. The van der Waals surface area contributed by atoms with Crippen molar-refractivity contribution in [2.24, 2.45) is 0 Å². The molecule has 0 saturated heterocycles. The van der Waals surface area contributed by atoms with Gasteiger partial charge in [-0.25, -0.2) is 0 Å². The zero-order chi connectivity index (χ0) is 11.3. The number of hydrogen-bond acceptors (Lipinski definition) is 2. The molecule has 0 aliphatic rings. The summed E-state index contributed by atoms with van der Waals surface area (Å²) >= 11 is 0. The quantitative estimate of drug-likeness (QED) is 0.752. The van der Waals surface area contributed by atoms with Gasteiger partial charge in [0.2, 0.25) is 0 Å². The fourth-order valence-corrected chi connectivity index (χ4v) is 1.32. The van der Waals surface area contributed by atoms with E-state index < -0.39 is 0 Å². The van der Waals surface area contributed by atoms with Gasteiger partial charge in [0.25, 0.3) is 0 Å². The molecule has 0 bridgehead atoms. The van der Waals surface area contributed by atoms with Crippen LogP contribution in [0.5, 0.6) is 5.75 Å². The van der Waals surface area contributed by atoms with Gasteiger partial charge >= 0.3 is 0 Å². The first-order chi connectivity index (χ1) is 7.10. The number of rotatable bonds is 4. The molecule has 0 spiro atoms. The Morgan fingerprint density at radius 3 is 2.33 bits per heavy atom. The number of benzene rings is 1. The highest BCUT2D eigenvalue weighted by atomic mass is 16.5. The molecule has 0 atom stereocenters. The van der Waals surface area contributed by atoms with E-state index in [1.54, 1.807) is 0 Å². The second-order valence-electron chi connectivity index (χ2n) is 4.21. The molecular formula is C13H17NO. The zero-order valence-electron chi connectivity index (χ0n) is 9.58. The Kier molecular flexibility index (Phi) is 3.74. The summed E-state index contributed by atoms with van der Waals surface area (Å²) in [5, 5.41) is 8.37. The molecule has 15 heavy (non-hydrogen) atoms. The summed E-state index contributed by atoms with van der Waals surface area (Å²) in [6.07, 6.45) is 1.10. The van der Waals surface area contributed by atoms with Crippen molar-refractivity contribution in [2.75, 3.05) is 6.61 Å². The molecular weight excluding hydrogens is 186 g/mol. The van der Waals surface area contributed by atoms with Gasteiger partial charge in [-0.2, -0.15) is 5.26 Å². The molecule has 0 fully saturated rings. The summed E-state index contributed by atoms with van der Waals surface area (Å²) in [4.78, 5) is 0. The standard InChI is InChI=1S/C13H17NO/c1-4-13(2,3)11-5-7-12(8-6-11)15-10-9-14/h5-8H,4,10H2,1-3H3. The van der Waals surface area contributed by atoms with E-state index in [0.29, 0.717) is 0 Å². The number of hydrogen-bond donors (Lipinski definition) is 0. The van der Waals surface area contributed by atoms with E-state index in [4.69, 9.17) is 10.00 Å². The van der Waals surface area contributed by atoms with E-state index in [9.17, 15) is 0 Å². The van der Waals surface area contributed by atoms with Crippen molar-refractivity contribution >= 4 is 0 Å². The van der Waals surface area contributed by atoms with E-state index >= 15 is 0 Å². The van der Waals surface area contributed by atoms with Crippen molar-refractivity contribution in [1.29, 1.82) is 5.26 Å². The zero-order valence-corrected chi connectivity index (χ0v) is 9.58. The van der Waals surface area contributed by atoms with E-state index in [1.165, 1.54) is 5.56 Å². The molecule has 2 heteroatoms. The normalized spacial score (nSPS) is 10.8. The van der Waals surface area contributed by atoms with Crippen LogP contribution in [0.25, 0.3) is 0 Å². The monoisotopic (exact) mass is 203 g/mol. The first-order valence-electron chi connectivity index (χ1n) is 5.20. The maximum atomic E-state index is 8.37. The summed E-state index contributed by atoms with van der Waals surface area (Å²) in [5.74, 6) is 0.757. The van der Waals surface area contributed by atoms with Crippen molar-refractivity contribution in [3.8, 4) is 11.8 Å². The largest absolute Gasteiger partial charge is 0.479 e. The van der Waals surface area contributed by atoms with Crippen molar-refractivity contribution in [1.82, 2.24) is 0 Å². The van der Waals surface area contributed by atoms with Gasteiger partial charge in [0.05, 0.1) is 0 Å². The van der Waals surface area contributed by atoms with Crippen LogP contribution in [0.4, 0.5) is 0 Å². The molecule has 80 valence electrons. The number of nitrogens with zero attached hydrogens (tertiary/aromatic N) is 1. The van der Waals surface area contributed by atoms with Crippen LogP contribution in [0, 0.1) is 11.3 Å². The minimum atomic E-state index is 0.108. The molecule has 0 amide bonds. The van der Waals surface area contributed by atoms with Crippen molar-refractivity contribution in [3.05, 3.63) is 29.8 Å². The highest BCUT2D eigenvalue weighted by Gasteiger charge is 2.17. The Morgan fingerprint density at radius 2 is 1.87 bits per heavy atom. The molecule has 0 heterocycles. The van der Waals surface area contributed by atoms with Crippen molar-refractivity contribution in [2.45, 2.75) is 32.6 Å². The maximum absolute atomic E-state index is 8.37. The number of nitriles is 1. The Morgan fingerprint density at radius 1 is 1.27 bits per heavy atom. The van der Waals surface area contributed by atoms with E-state index in [-0.39, 0.29) is 12.0 Å². The van der Waals surface area contributed by atoms with Gasteiger partial charge in [0.15, 0.2) is 6.61 Å². The number of ether oxygens (including phenoxy) is 1. The molecule has 1 aromatic carbocycles. The maximum Gasteiger partial charge on any atom is 0.174 e. The lowest BCUT2D eigenvalue weighted by atomic mass is 9.82. The lowest BCUT2D eigenvalue weighted by molar-refractivity contribution is 0.367. The Hall–Kier alpha value is -1.49. The predicted molar refractivity (Wildman–Crippen MR) is 60.9 cm³/mol. The SMILES string of the molecule is CCC(C)(C)c1ccc(OCC#N)cc1. The van der Waals surface area contributed by atoms with Gasteiger partial charge in [0, 0.05) is 0 Å². The van der Waals surface area contributed by atoms with Gasteiger partial charge in [-0.05, 0) is 29.5 Å². The second-order valence-corrected chi connectivity index (χ2v) is 4.21. The third kappa shape index (κ3) is 2.99. The van der Waals surface area contributed by atoms with Crippen molar-refractivity contribution < 1.29 is 4.74 Å². The average molecular weight is 203 g/mol. The van der Waals surface area contributed by atoms with Crippen LogP contribution in [-0.4, -0.2) is 6.61 Å². The average Bonchev–Trinajstić information content (AvgIpc) is 2.27. The van der Waals surface area contributed by atoms with Crippen LogP contribution in [0.15, 0.2) is 24.3 Å². The lowest BCUT2D eigenvalue weighted by Gasteiger charge is -2.23. The molecule has 2 nitrogen and oxygen atoms in total. The van der Waals surface area contributed by atoms with Crippen LogP contribution < -0.4 is 4.74 Å². The van der Waals surface area contributed by atoms with E-state index in [0.717, 1.165) is 12.2 Å². The Balaban J connectivity index is 2.77. The summed E-state index contributed by atoms with van der Waals surface area (Å²) in [7, 11) is 0. The minimum absolute atomic E-state index is 0.108. The van der Waals surface area contributed by atoms with Gasteiger partial charge in [0.1, 0.15) is 11.8 Å². The smallest absolute Gasteiger partial charge is 0.174 e. The molecule has 0 unspecified atom stereocenters. The fraction of sp³-hybridized carbons (Fsp3) is 0.462. The summed E-state index contributed by atoms with van der Waals surface area (Å²) < 4.78 is 5.20. The molecule has 1 aromatic rings. The second kappa shape index (κ2) is 4.84. The summed E-state index contributed by atoms with van der Waals surface area (Å²) in [6.45, 7) is 6.73. The van der Waals surface area contributed by atoms with Gasteiger partial charge in [-0.15, -0.1) is 0 Å². The topological polar surface area (TPSA) is 33.0 Å². The predicted octanol–water partition coefficient (Wildman–Crippen LogP) is 3.28. The molecule has 0 radical (unpaired) electrons. The first-order valence-corrected chi connectivity index (χ1v) is 5.20. The van der Waals surface area contributed by atoms with Crippen molar-refractivity contribution in [3.63, 3.8) is 0 Å². The Labute approximate surface area is 91.5 Å². The lowest BCUT2D eigenvalue weighted by Crippen LogP contribution is -2.15. The van der Waals surface area contributed by atoms with Crippen LogP contribution in [0.3, 0.4) is 0 Å². The van der Waals surface area contributed by atoms with Gasteiger partial charge < -0.3 is 4.74 Å². The third-order valence-corrected chi connectivity index (χ3v) is 2.82. The van der Waals surface area contributed by atoms with Crippen LogP contribution in [-0.2, 0) is 5.41 Å². The highest BCUT2D eigenvalue weighted by Crippen LogP contribution is 2.27. The first kappa shape index (κ1) is 11.6. The van der Waals surface area contributed by atoms with E-state index in [1.807, 2.05) is 18.2 Å². The van der Waals surface area contributed by atoms with Crippen LogP contribution in [0.2, 0.25) is 0 Å². The Bertz CT molecular complexity index is 346. The molecule has 0 N–H and O–H groups in total. The minimum Gasteiger partial charge on any atom is -0.479 e.